The predicted molar refractivity (Wildman–Crippen MR) is 81.9 cm³/mol. The fourth-order valence-corrected chi connectivity index (χ4v) is 4.79. The van der Waals surface area contributed by atoms with Gasteiger partial charge in [0.05, 0.1) is 12.1 Å². The SMILES string of the molecule is CC1CCCC(CO)(NS(=O)(=O)c2ccc(Br)cc2F)C1. The summed E-state index contributed by atoms with van der Waals surface area (Å²) in [4.78, 5) is -0.392. The number of hydrogen-bond donors (Lipinski definition) is 2. The Morgan fingerprint density at radius 2 is 2.24 bits per heavy atom. The molecule has 2 unspecified atom stereocenters. The lowest BCUT2D eigenvalue weighted by molar-refractivity contribution is 0.119. The third kappa shape index (κ3) is 3.83. The van der Waals surface area contributed by atoms with Crippen molar-refractivity contribution in [2.24, 2.45) is 5.92 Å². The zero-order valence-corrected chi connectivity index (χ0v) is 14.2. The van der Waals surface area contributed by atoms with Crippen molar-refractivity contribution >= 4 is 26.0 Å². The number of benzene rings is 1. The first-order chi connectivity index (χ1) is 9.78. The Kier molecular flexibility index (Phi) is 5.07. The Morgan fingerprint density at radius 1 is 1.52 bits per heavy atom. The first kappa shape index (κ1) is 16.9. The minimum Gasteiger partial charge on any atom is -0.394 e. The molecular formula is C14H19BrFNO3S. The zero-order valence-electron chi connectivity index (χ0n) is 11.8. The van der Waals surface area contributed by atoms with Crippen LogP contribution in [0.15, 0.2) is 27.6 Å². The molecule has 21 heavy (non-hydrogen) atoms. The van der Waals surface area contributed by atoms with Gasteiger partial charge >= 0.3 is 0 Å². The van der Waals surface area contributed by atoms with Crippen molar-refractivity contribution in [3.63, 3.8) is 0 Å². The summed E-state index contributed by atoms with van der Waals surface area (Å²) in [7, 11) is -4.01. The van der Waals surface area contributed by atoms with E-state index in [0.717, 1.165) is 18.9 Å². The Labute approximate surface area is 132 Å². The second-order valence-corrected chi connectivity index (χ2v) is 8.39. The van der Waals surface area contributed by atoms with Crippen LogP contribution in [0, 0.1) is 11.7 Å². The normalized spacial score (nSPS) is 26.8. The second kappa shape index (κ2) is 6.32. The second-order valence-electron chi connectivity index (χ2n) is 5.82. The summed E-state index contributed by atoms with van der Waals surface area (Å²) in [5.41, 5.74) is -0.893. The van der Waals surface area contributed by atoms with E-state index in [4.69, 9.17) is 0 Å². The van der Waals surface area contributed by atoms with Gasteiger partial charge in [-0.3, -0.25) is 0 Å². The lowest BCUT2D eigenvalue weighted by atomic mass is 9.78. The van der Waals surface area contributed by atoms with Gasteiger partial charge in [0, 0.05) is 4.47 Å². The third-order valence-electron chi connectivity index (χ3n) is 3.93. The highest BCUT2D eigenvalue weighted by Crippen LogP contribution is 2.33. The summed E-state index contributed by atoms with van der Waals surface area (Å²) in [5, 5.41) is 9.65. The quantitative estimate of drug-likeness (QED) is 0.844. The topological polar surface area (TPSA) is 66.4 Å². The molecule has 2 N–H and O–H groups in total. The number of rotatable bonds is 4. The van der Waals surface area contributed by atoms with Crippen molar-refractivity contribution in [3.05, 3.63) is 28.5 Å². The van der Waals surface area contributed by atoms with Crippen LogP contribution in [0.5, 0.6) is 0 Å². The van der Waals surface area contributed by atoms with Crippen LogP contribution >= 0.6 is 15.9 Å². The molecule has 0 spiro atoms. The fraction of sp³-hybridized carbons (Fsp3) is 0.571. The Balaban J connectivity index is 2.31. The van der Waals surface area contributed by atoms with Crippen molar-refractivity contribution in [2.45, 2.75) is 43.0 Å². The molecule has 4 nitrogen and oxygen atoms in total. The van der Waals surface area contributed by atoms with Crippen LogP contribution in [0.3, 0.4) is 0 Å². The number of aliphatic hydroxyl groups is 1. The molecule has 0 bridgehead atoms. The van der Waals surface area contributed by atoms with Gasteiger partial charge in [-0.05, 0) is 37.0 Å². The highest BCUT2D eigenvalue weighted by molar-refractivity contribution is 9.10. The van der Waals surface area contributed by atoms with Crippen LogP contribution in [0.1, 0.15) is 32.6 Å². The smallest absolute Gasteiger partial charge is 0.244 e. The summed E-state index contributed by atoms with van der Waals surface area (Å²) in [6, 6.07) is 3.81. The highest BCUT2D eigenvalue weighted by atomic mass is 79.9. The summed E-state index contributed by atoms with van der Waals surface area (Å²) < 4.78 is 41.8. The maximum absolute atomic E-state index is 13.9. The lowest BCUT2D eigenvalue weighted by Crippen LogP contribution is -2.53. The van der Waals surface area contributed by atoms with Crippen LogP contribution in [-0.4, -0.2) is 25.7 Å². The Hall–Kier alpha value is -0.500. The molecule has 0 radical (unpaired) electrons. The van der Waals surface area contributed by atoms with E-state index in [1.807, 2.05) is 6.92 Å². The van der Waals surface area contributed by atoms with Gasteiger partial charge in [-0.25, -0.2) is 17.5 Å². The first-order valence-electron chi connectivity index (χ1n) is 6.88. The maximum Gasteiger partial charge on any atom is 0.244 e. The average Bonchev–Trinajstić information content (AvgIpc) is 2.37. The number of sulfonamides is 1. The van der Waals surface area contributed by atoms with Crippen LogP contribution < -0.4 is 4.72 Å². The minimum absolute atomic E-state index is 0.283. The number of hydrogen-bond acceptors (Lipinski definition) is 3. The number of halogens is 2. The van der Waals surface area contributed by atoms with Crippen LogP contribution in [-0.2, 0) is 10.0 Å². The fourth-order valence-electron chi connectivity index (χ4n) is 2.96. The minimum atomic E-state index is -4.01. The molecule has 0 amide bonds. The van der Waals surface area contributed by atoms with Crippen LogP contribution in [0.25, 0.3) is 0 Å². The van der Waals surface area contributed by atoms with Crippen molar-refractivity contribution in [3.8, 4) is 0 Å². The van der Waals surface area contributed by atoms with Gasteiger partial charge in [0.1, 0.15) is 10.7 Å². The van der Waals surface area contributed by atoms with E-state index >= 15 is 0 Å². The van der Waals surface area contributed by atoms with Gasteiger partial charge in [0.25, 0.3) is 0 Å². The standard InChI is InChI=1S/C14H19BrFNO3S/c1-10-3-2-6-14(8-10,9-18)17-21(19,20)13-5-4-11(15)7-12(13)16/h4-5,7,10,17-18H,2-3,6,8-9H2,1H3. The maximum atomic E-state index is 13.9. The molecule has 0 heterocycles. The molecule has 0 aliphatic heterocycles. The van der Waals surface area contributed by atoms with Gasteiger partial charge in [0.15, 0.2) is 0 Å². The van der Waals surface area contributed by atoms with Crippen molar-refractivity contribution in [2.75, 3.05) is 6.61 Å². The molecule has 1 aliphatic rings. The molecule has 0 saturated heterocycles. The average molecular weight is 380 g/mol. The molecule has 118 valence electrons. The van der Waals surface area contributed by atoms with Crippen LogP contribution in [0.2, 0.25) is 0 Å². The van der Waals surface area contributed by atoms with E-state index < -0.39 is 26.3 Å². The molecule has 2 rings (SSSR count). The summed E-state index contributed by atoms with van der Waals surface area (Å²) >= 11 is 3.10. The monoisotopic (exact) mass is 379 g/mol. The molecule has 7 heteroatoms. The van der Waals surface area contributed by atoms with E-state index in [1.165, 1.54) is 12.1 Å². The van der Waals surface area contributed by atoms with Gasteiger partial charge in [-0.2, -0.15) is 0 Å². The van der Waals surface area contributed by atoms with E-state index in [-0.39, 0.29) is 6.61 Å². The number of aliphatic hydroxyl groups excluding tert-OH is 1. The van der Waals surface area contributed by atoms with Gasteiger partial charge in [-0.1, -0.05) is 35.7 Å². The van der Waals surface area contributed by atoms with E-state index in [1.54, 1.807) is 0 Å². The Morgan fingerprint density at radius 3 is 2.81 bits per heavy atom. The van der Waals surface area contributed by atoms with E-state index in [0.29, 0.717) is 23.2 Å². The molecule has 1 saturated carbocycles. The van der Waals surface area contributed by atoms with Crippen molar-refractivity contribution in [1.82, 2.24) is 4.72 Å². The zero-order chi connectivity index (χ0) is 15.7. The highest BCUT2D eigenvalue weighted by Gasteiger charge is 2.39. The first-order valence-corrected chi connectivity index (χ1v) is 9.15. The molecule has 1 aromatic carbocycles. The van der Waals surface area contributed by atoms with Gasteiger partial charge in [0.2, 0.25) is 10.0 Å². The molecule has 1 aromatic rings. The third-order valence-corrected chi connectivity index (χ3v) is 6.03. The molecule has 1 aliphatic carbocycles. The molecule has 0 aromatic heterocycles. The number of nitrogens with one attached hydrogen (secondary N) is 1. The van der Waals surface area contributed by atoms with Gasteiger partial charge in [-0.15, -0.1) is 0 Å². The lowest BCUT2D eigenvalue weighted by Gasteiger charge is -2.39. The predicted octanol–water partition coefficient (Wildman–Crippen LogP) is 2.81. The van der Waals surface area contributed by atoms with Crippen molar-refractivity contribution in [1.29, 1.82) is 0 Å². The van der Waals surface area contributed by atoms with Gasteiger partial charge < -0.3 is 5.11 Å². The van der Waals surface area contributed by atoms with E-state index in [9.17, 15) is 17.9 Å². The van der Waals surface area contributed by atoms with Crippen LogP contribution in [0.4, 0.5) is 4.39 Å². The summed E-state index contributed by atoms with van der Waals surface area (Å²) in [5.74, 6) is -0.489. The van der Waals surface area contributed by atoms with Crippen molar-refractivity contribution < 1.29 is 17.9 Å². The molecular weight excluding hydrogens is 361 g/mol. The molecule has 2 atom stereocenters. The molecule has 1 fully saturated rings. The van der Waals surface area contributed by atoms with E-state index in [2.05, 4.69) is 20.7 Å². The Bertz CT molecular complexity index is 623. The summed E-state index contributed by atoms with van der Waals surface area (Å²) in [6.45, 7) is 1.74. The largest absolute Gasteiger partial charge is 0.394 e. The summed E-state index contributed by atoms with van der Waals surface area (Å²) in [6.07, 6.45) is 2.97.